The molecular weight excluding hydrogens is 358 g/mol. The minimum absolute atomic E-state index is 0.0846. The molecule has 28 heavy (non-hydrogen) atoms. The maximum atomic E-state index is 12.9. The van der Waals surface area contributed by atoms with Crippen LogP contribution in [-0.2, 0) is 14.3 Å². The predicted molar refractivity (Wildman–Crippen MR) is 101 cm³/mol. The van der Waals surface area contributed by atoms with Crippen LogP contribution in [0.4, 0.5) is 4.79 Å². The molecule has 6 aliphatic rings. The van der Waals surface area contributed by atoms with Gasteiger partial charge in [-0.3, -0.25) is 9.69 Å². The molecule has 4 heterocycles. The molecule has 2 spiro atoms. The van der Waals surface area contributed by atoms with Gasteiger partial charge in [0.2, 0.25) is 5.91 Å². The van der Waals surface area contributed by atoms with E-state index in [4.69, 9.17) is 9.47 Å². The lowest BCUT2D eigenvalue weighted by atomic mass is 9.64. The summed E-state index contributed by atoms with van der Waals surface area (Å²) in [5.41, 5.74) is 0.412. The Balaban J connectivity index is 0.987. The first-order valence-corrected chi connectivity index (χ1v) is 11.1. The van der Waals surface area contributed by atoms with Gasteiger partial charge in [0.25, 0.3) is 0 Å². The van der Waals surface area contributed by atoms with E-state index in [0.717, 1.165) is 58.8 Å². The van der Waals surface area contributed by atoms with Crippen molar-refractivity contribution in [2.45, 2.75) is 44.2 Å². The molecule has 2 saturated carbocycles. The molecule has 154 valence electrons. The summed E-state index contributed by atoms with van der Waals surface area (Å²) in [6, 6.07) is 0.654. The number of carbonyl (C=O) groups excluding carboxylic acids is 2. The number of ether oxygens (including phenoxy) is 2. The molecule has 6 rings (SSSR count). The van der Waals surface area contributed by atoms with Crippen LogP contribution in [0.3, 0.4) is 0 Å². The third-order valence-corrected chi connectivity index (χ3v) is 8.71. The number of carbonyl (C=O) groups is 2. The van der Waals surface area contributed by atoms with Crippen LogP contribution in [0.25, 0.3) is 0 Å². The van der Waals surface area contributed by atoms with Crippen LogP contribution in [0.5, 0.6) is 0 Å². The van der Waals surface area contributed by atoms with Gasteiger partial charge in [0, 0.05) is 44.7 Å². The van der Waals surface area contributed by atoms with Crippen LogP contribution in [0.1, 0.15) is 32.6 Å². The van der Waals surface area contributed by atoms with Crippen molar-refractivity contribution in [3.05, 3.63) is 0 Å². The fraction of sp³-hybridized carbons (Fsp3) is 0.905. The van der Waals surface area contributed by atoms with Gasteiger partial charge in [0.15, 0.2) is 0 Å². The van der Waals surface area contributed by atoms with Gasteiger partial charge in [-0.2, -0.15) is 0 Å². The first-order chi connectivity index (χ1) is 13.5. The van der Waals surface area contributed by atoms with E-state index in [0.29, 0.717) is 35.8 Å². The molecule has 2 amide bonds. The molecule has 2 atom stereocenters. The van der Waals surface area contributed by atoms with E-state index >= 15 is 0 Å². The molecule has 7 heteroatoms. The molecule has 0 radical (unpaired) electrons. The van der Waals surface area contributed by atoms with Gasteiger partial charge in [-0.05, 0) is 49.9 Å². The van der Waals surface area contributed by atoms with Crippen molar-refractivity contribution >= 4 is 12.0 Å². The minimum atomic E-state index is -0.146. The van der Waals surface area contributed by atoms with Gasteiger partial charge in [-0.15, -0.1) is 0 Å². The first-order valence-electron chi connectivity index (χ1n) is 11.1. The largest absolute Gasteiger partial charge is 0.450 e. The fourth-order valence-corrected chi connectivity index (χ4v) is 6.76. The van der Waals surface area contributed by atoms with Crippen LogP contribution >= 0.6 is 0 Å². The Morgan fingerprint density at radius 3 is 2.43 bits per heavy atom. The van der Waals surface area contributed by atoms with Crippen LogP contribution in [0.2, 0.25) is 0 Å². The van der Waals surface area contributed by atoms with Crippen LogP contribution < -0.4 is 0 Å². The third-order valence-electron chi connectivity index (χ3n) is 8.71. The molecule has 0 N–H and O–H groups in total. The number of hydrogen-bond donors (Lipinski definition) is 0. The van der Waals surface area contributed by atoms with Gasteiger partial charge < -0.3 is 19.3 Å². The van der Waals surface area contributed by atoms with Crippen molar-refractivity contribution in [3.8, 4) is 0 Å². The van der Waals surface area contributed by atoms with Crippen molar-refractivity contribution in [2.75, 3.05) is 52.5 Å². The smallest absolute Gasteiger partial charge is 0.409 e. The van der Waals surface area contributed by atoms with Crippen LogP contribution in [0, 0.1) is 23.2 Å². The molecule has 6 fully saturated rings. The highest BCUT2D eigenvalue weighted by molar-refractivity contribution is 5.84. The van der Waals surface area contributed by atoms with Gasteiger partial charge in [0.1, 0.15) is 0 Å². The number of fused-ring (bicyclic) bond motifs is 1. The number of hydrogen-bond acceptors (Lipinski definition) is 5. The standard InChI is InChI=1S/C21H31N3O4/c1-2-28-19(26)22-5-3-20(11-22)7-14(8-20)23-9-15-16(10-23)17(15)18(25)24-6-4-21(24)12-27-13-21/h14-17H,2-13H2,1H3. The second-order valence-electron chi connectivity index (χ2n) is 10.2. The molecule has 2 aliphatic carbocycles. The van der Waals surface area contributed by atoms with E-state index in [1.165, 1.54) is 12.8 Å². The van der Waals surface area contributed by atoms with Crippen molar-refractivity contribution < 1.29 is 19.1 Å². The highest BCUT2D eigenvalue weighted by Gasteiger charge is 2.65. The summed E-state index contributed by atoms with van der Waals surface area (Å²) in [6.45, 7) is 8.65. The van der Waals surface area contributed by atoms with Crippen molar-refractivity contribution in [3.63, 3.8) is 0 Å². The van der Waals surface area contributed by atoms with Crippen LogP contribution in [-0.4, -0.2) is 90.8 Å². The number of piperidine rings is 1. The maximum Gasteiger partial charge on any atom is 0.409 e. The van der Waals surface area contributed by atoms with Crippen molar-refractivity contribution in [2.24, 2.45) is 23.2 Å². The Hall–Kier alpha value is -1.34. The molecule has 2 unspecified atom stereocenters. The lowest BCUT2D eigenvalue weighted by Crippen LogP contribution is -2.72. The van der Waals surface area contributed by atoms with E-state index in [1.807, 2.05) is 11.8 Å². The molecule has 4 aliphatic heterocycles. The van der Waals surface area contributed by atoms with Crippen LogP contribution in [0.15, 0.2) is 0 Å². The Morgan fingerprint density at radius 1 is 1.11 bits per heavy atom. The molecule has 0 aromatic rings. The van der Waals surface area contributed by atoms with Crippen molar-refractivity contribution in [1.82, 2.24) is 14.7 Å². The zero-order valence-electron chi connectivity index (χ0n) is 16.8. The zero-order chi connectivity index (χ0) is 19.1. The zero-order valence-corrected chi connectivity index (χ0v) is 16.8. The fourth-order valence-electron chi connectivity index (χ4n) is 6.76. The quantitative estimate of drug-likeness (QED) is 0.725. The lowest BCUT2D eigenvalue weighted by Gasteiger charge is -2.57. The van der Waals surface area contributed by atoms with Gasteiger partial charge in [-0.25, -0.2) is 4.79 Å². The number of likely N-dealkylation sites (tertiary alicyclic amines) is 3. The molecule has 0 bridgehead atoms. The average molecular weight is 389 g/mol. The third kappa shape index (κ3) is 2.35. The Kier molecular flexibility index (Phi) is 3.66. The second-order valence-corrected chi connectivity index (χ2v) is 10.2. The Morgan fingerprint density at radius 2 is 1.86 bits per heavy atom. The summed E-state index contributed by atoms with van der Waals surface area (Å²) in [4.78, 5) is 31.6. The SMILES string of the molecule is CCOC(=O)N1CCC2(CC(N3CC4C(C3)C4C(=O)N3CCC34COC4)C2)C1. The average Bonchev–Trinajstić information content (AvgIpc) is 2.95. The minimum Gasteiger partial charge on any atom is -0.450 e. The summed E-state index contributed by atoms with van der Waals surface area (Å²) in [5.74, 6) is 1.87. The number of nitrogens with zero attached hydrogens (tertiary/aromatic N) is 3. The monoisotopic (exact) mass is 389 g/mol. The lowest BCUT2D eigenvalue weighted by molar-refractivity contribution is -0.201. The maximum absolute atomic E-state index is 12.9. The van der Waals surface area contributed by atoms with E-state index in [-0.39, 0.29) is 17.6 Å². The summed E-state index contributed by atoms with van der Waals surface area (Å²) in [6.07, 6.45) is 4.50. The Labute approximate surface area is 166 Å². The van der Waals surface area contributed by atoms with Gasteiger partial charge >= 0.3 is 6.09 Å². The summed E-state index contributed by atoms with van der Waals surface area (Å²) < 4.78 is 10.5. The van der Waals surface area contributed by atoms with Gasteiger partial charge in [0.05, 0.1) is 25.4 Å². The number of amides is 2. The van der Waals surface area contributed by atoms with E-state index in [9.17, 15) is 9.59 Å². The molecule has 4 saturated heterocycles. The summed E-state index contributed by atoms with van der Waals surface area (Å²) in [5, 5.41) is 0. The number of rotatable bonds is 3. The molecule has 0 aromatic carbocycles. The topological polar surface area (TPSA) is 62.3 Å². The Bertz CT molecular complexity index is 684. The summed E-state index contributed by atoms with van der Waals surface area (Å²) in [7, 11) is 0. The molecular formula is C21H31N3O4. The molecule has 7 nitrogen and oxygen atoms in total. The summed E-state index contributed by atoms with van der Waals surface area (Å²) >= 11 is 0. The van der Waals surface area contributed by atoms with E-state index in [2.05, 4.69) is 9.80 Å². The highest BCUT2D eigenvalue weighted by Crippen LogP contribution is 2.58. The van der Waals surface area contributed by atoms with Gasteiger partial charge in [-0.1, -0.05) is 0 Å². The second kappa shape index (κ2) is 5.85. The molecule has 0 aromatic heterocycles. The highest BCUT2D eigenvalue weighted by atomic mass is 16.6. The van der Waals surface area contributed by atoms with E-state index < -0.39 is 0 Å². The first kappa shape index (κ1) is 17.5. The van der Waals surface area contributed by atoms with E-state index in [1.54, 1.807) is 0 Å². The van der Waals surface area contributed by atoms with Crippen molar-refractivity contribution in [1.29, 1.82) is 0 Å². The normalized spacial score (nSPS) is 42.8. The predicted octanol–water partition coefficient (Wildman–Crippen LogP) is 1.18.